The highest BCUT2D eigenvalue weighted by atomic mass is 16.5. The first-order valence-corrected chi connectivity index (χ1v) is 23.9. The zero-order valence-corrected chi connectivity index (χ0v) is 40.2. The summed E-state index contributed by atoms with van der Waals surface area (Å²) in [4.78, 5) is 59.8. The number of nitrogens with two attached hydrogens (primary N) is 2. The molecule has 4 bridgehead atoms. The van der Waals surface area contributed by atoms with Crippen LogP contribution in [0.1, 0.15) is 110 Å². The van der Waals surface area contributed by atoms with Crippen molar-refractivity contribution in [1.29, 1.82) is 0 Å². The third-order valence-corrected chi connectivity index (χ3v) is 14.5. The average molecular weight is 915 g/mol. The molecule has 3 aromatic rings. The van der Waals surface area contributed by atoms with Crippen LogP contribution in [0.3, 0.4) is 0 Å². The molecule has 7 N–H and O–H groups in total. The van der Waals surface area contributed by atoms with E-state index < -0.39 is 17.4 Å². The number of nitrogens with zero attached hydrogens (tertiary/aromatic N) is 5. The highest BCUT2D eigenvalue weighted by molar-refractivity contribution is 5.98. The Labute approximate surface area is 392 Å². The molecule has 1 atom stereocenters. The summed E-state index contributed by atoms with van der Waals surface area (Å²) in [6.45, 7) is 9.37. The Balaban J connectivity index is 1.11. The van der Waals surface area contributed by atoms with Gasteiger partial charge in [0.2, 0.25) is 5.91 Å². The lowest BCUT2D eigenvalue weighted by atomic mass is 9.48. The molecule has 4 aliphatic carbocycles. The van der Waals surface area contributed by atoms with E-state index >= 15 is 0 Å². The number of nitrogens with one attached hydrogen (secondary N) is 2. The number of primary amides is 1. The van der Waals surface area contributed by atoms with Crippen molar-refractivity contribution in [3.05, 3.63) is 59.3 Å². The molecule has 2 aromatic carbocycles. The number of carboxylic acids is 1. The number of amides is 3. The summed E-state index contributed by atoms with van der Waals surface area (Å²) in [7, 11) is 9.13. The normalized spacial score (nSPS) is 21.6. The van der Waals surface area contributed by atoms with E-state index in [1.165, 1.54) is 0 Å². The van der Waals surface area contributed by atoms with Gasteiger partial charge < -0.3 is 51.4 Å². The number of likely N-dealkylation sites (N-methyl/N-ethyl adjacent to an activating group) is 1. The van der Waals surface area contributed by atoms with Gasteiger partial charge in [0.1, 0.15) is 18.4 Å². The van der Waals surface area contributed by atoms with Crippen LogP contribution in [0.5, 0.6) is 11.5 Å². The zero-order valence-electron chi connectivity index (χ0n) is 41.2. The number of aromatic nitrogens is 2. The number of hydrogen-bond acceptors (Lipinski definition) is 11. The van der Waals surface area contributed by atoms with Crippen LogP contribution in [-0.2, 0) is 9.59 Å². The van der Waals surface area contributed by atoms with Crippen molar-refractivity contribution >= 4 is 23.7 Å². The molecule has 1 unspecified atom stereocenters. The molecule has 4 fully saturated rings. The Hall–Kier alpha value is -5.03. The predicted molar refractivity (Wildman–Crippen MR) is 256 cm³/mol. The Bertz CT molecular complexity index is 2130. The Morgan fingerprint density at radius 1 is 0.879 bits per heavy atom. The molecule has 0 aliphatic heterocycles. The van der Waals surface area contributed by atoms with E-state index in [0.29, 0.717) is 71.9 Å². The largest absolute Gasteiger partial charge is 0.496 e. The quantitative estimate of drug-likeness (QED) is 0.0642. The lowest BCUT2D eigenvalue weighted by molar-refractivity contribution is -0.163. The standard InChI is InChI=1S/C50H75N9O7/c1-32(2)38-30-35(48(62)58(5)23-12-22-56(3)20-11-21-57(4)24-19-53-39(46(52)60)13-8-9-18-51)16-17-41(38)59-42(45-43(65-6)14-10-15-44(45)66-7)31-40(55-59)47(61)54-50(49(63)64)36-26-33-25-34(28-36)29-37(50)27-33/h10,14-17,30-34,36-37,39,53H,8-9,11-13,18-29,51H2,1-7H3,(H2,52,60)(H,54,61)(H,63,64)/i/hD. The molecule has 7 rings (SSSR count). The van der Waals surface area contributed by atoms with Gasteiger partial charge >= 0.3 is 5.97 Å². The highest BCUT2D eigenvalue weighted by Crippen LogP contribution is 2.58. The molecular weight excluding hydrogens is 839 g/mol. The topological polar surface area (TPSA) is 211 Å². The maximum Gasteiger partial charge on any atom is 0.330 e. The lowest BCUT2D eigenvalue weighted by Crippen LogP contribution is -2.70. The van der Waals surface area contributed by atoms with E-state index in [9.17, 15) is 24.3 Å². The Morgan fingerprint density at radius 3 is 2.08 bits per heavy atom. The molecule has 0 spiro atoms. The summed E-state index contributed by atoms with van der Waals surface area (Å²) in [5.74, 6) is -0.203. The number of benzene rings is 2. The van der Waals surface area contributed by atoms with Crippen LogP contribution in [0, 0.1) is 23.7 Å². The molecule has 362 valence electrons. The second kappa shape index (κ2) is 22.6. The summed E-state index contributed by atoms with van der Waals surface area (Å²) in [6.07, 6.45) is 8.48. The first-order chi connectivity index (χ1) is 32.1. The van der Waals surface area contributed by atoms with E-state index in [4.69, 9.17) is 21.7 Å². The van der Waals surface area contributed by atoms with Crippen molar-refractivity contribution in [2.24, 2.45) is 35.1 Å². The molecule has 16 nitrogen and oxygen atoms in total. The summed E-state index contributed by atoms with van der Waals surface area (Å²) < 4.78 is 20.4. The summed E-state index contributed by atoms with van der Waals surface area (Å²) in [5, 5.41) is 22.1. The van der Waals surface area contributed by atoms with E-state index in [-0.39, 0.29) is 41.3 Å². The van der Waals surface area contributed by atoms with Crippen molar-refractivity contribution in [2.45, 2.75) is 95.6 Å². The second-order valence-corrected chi connectivity index (χ2v) is 19.4. The van der Waals surface area contributed by atoms with Gasteiger partial charge in [0.15, 0.2) is 5.69 Å². The minimum absolute atomic E-state index is 0.0473. The monoisotopic (exact) mass is 915 g/mol. The van der Waals surface area contributed by atoms with Crippen molar-refractivity contribution in [1.82, 2.24) is 35.1 Å². The minimum Gasteiger partial charge on any atom is -0.496 e. The van der Waals surface area contributed by atoms with E-state index in [2.05, 4.69) is 40.3 Å². The van der Waals surface area contributed by atoms with Gasteiger partial charge in [-0.2, -0.15) is 5.10 Å². The van der Waals surface area contributed by atoms with Crippen molar-refractivity contribution in [3.63, 3.8) is 0 Å². The van der Waals surface area contributed by atoms with E-state index in [1.807, 2.05) is 51.2 Å². The number of ether oxygens (including phenoxy) is 2. The fraction of sp³-hybridized carbons (Fsp3) is 0.620. The van der Waals surface area contributed by atoms with Crippen LogP contribution in [0.25, 0.3) is 16.9 Å². The molecular formula is C50H75N9O7. The minimum atomic E-state index is -1.35. The van der Waals surface area contributed by atoms with E-state index in [0.717, 1.165) is 89.5 Å². The molecule has 0 radical (unpaired) electrons. The Morgan fingerprint density at radius 2 is 1.50 bits per heavy atom. The summed E-state index contributed by atoms with van der Waals surface area (Å²) in [5.41, 5.74) is 9.86. The zero-order chi connectivity index (χ0) is 48.4. The van der Waals surface area contributed by atoms with E-state index in [1.54, 1.807) is 35.9 Å². The fourth-order valence-electron chi connectivity index (χ4n) is 11.1. The summed E-state index contributed by atoms with van der Waals surface area (Å²) >= 11 is 0. The fourth-order valence-corrected chi connectivity index (χ4v) is 11.1. The van der Waals surface area contributed by atoms with Crippen LogP contribution in [-0.4, -0.2) is 146 Å². The molecule has 1 aromatic heterocycles. The van der Waals surface area contributed by atoms with Crippen LogP contribution in [0.2, 0.25) is 1.41 Å². The molecule has 1 heterocycles. The number of methoxy groups -OCH3 is 2. The predicted octanol–water partition coefficient (Wildman–Crippen LogP) is 4.98. The first-order valence-electron chi connectivity index (χ1n) is 24.4. The number of carboxylic acid groups (broad SMARTS) is 1. The third kappa shape index (κ3) is 11.4. The lowest BCUT2D eigenvalue weighted by Gasteiger charge is -2.59. The van der Waals surface area contributed by atoms with Crippen molar-refractivity contribution in [3.8, 4) is 28.4 Å². The van der Waals surface area contributed by atoms with Gasteiger partial charge in [0.05, 0.1) is 37.2 Å². The van der Waals surface area contributed by atoms with Crippen LogP contribution in [0.15, 0.2) is 42.5 Å². The number of rotatable bonds is 27. The van der Waals surface area contributed by atoms with Gasteiger partial charge in [-0.05, 0) is 170 Å². The molecule has 4 saturated carbocycles. The third-order valence-electron chi connectivity index (χ3n) is 14.5. The number of unbranched alkanes of at least 4 members (excludes halogenated alkanes) is 1. The number of carbonyl (C=O) groups is 4. The maximum absolute atomic E-state index is 14.4. The second-order valence-electron chi connectivity index (χ2n) is 19.4. The SMILES string of the molecule is [2H]NCCCCC(NCCN(C)CCCN(C)CCCN(C)C(=O)c1ccc(-n2nc(C(=O)NC3(C(=O)O)C4CC5CC(C4)CC3C5)cc2-c2c(OC)cccc2OC)c(C(C)C)c1)C(N)=O. The smallest absolute Gasteiger partial charge is 0.330 e. The summed E-state index contributed by atoms with van der Waals surface area (Å²) in [6, 6.07) is 12.3. The van der Waals surface area contributed by atoms with Crippen LogP contribution < -0.4 is 31.6 Å². The van der Waals surface area contributed by atoms with Crippen molar-refractivity contribution < 1.29 is 35.2 Å². The van der Waals surface area contributed by atoms with Crippen LogP contribution >= 0.6 is 0 Å². The van der Waals surface area contributed by atoms with Gasteiger partial charge in [-0.25, -0.2) is 9.48 Å². The highest BCUT2D eigenvalue weighted by Gasteiger charge is 2.62. The van der Waals surface area contributed by atoms with Gasteiger partial charge in [-0.15, -0.1) is 0 Å². The first kappa shape index (κ1) is 48.9. The van der Waals surface area contributed by atoms with Gasteiger partial charge in [-0.3, -0.25) is 14.4 Å². The van der Waals surface area contributed by atoms with Crippen LogP contribution in [0.4, 0.5) is 0 Å². The average Bonchev–Trinajstić information content (AvgIpc) is 3.74. The van der Waals surface area contributed by atoms with Crippen molar-refractivity contribution in [2.75, 3.05) is 81.2 Å². The van der Waals surface area contributed by atoms with Gasteiger partial charge in [0, 0.05) is 32.2 Å². The molecule has 16 heteroatoms. The maximum atomic E-state index is 14.4. The number of hydrogen-bond donors (Lipinski definition) is 5. The number of carbonyl (C=O) groups excluding carboxylic acids is 3. The molecule has 4 aliphatic rings. The number of aliphatic carboxylic acids is 1. The van der Waals surface area contributed by atoms with Gasteiger partial charge in [0.25, 0.3) is 11.8 Å². The molecule has 0 saturated heterocycles. The Kier molecular flexibility index (Phi) is 16.8. The molecule has 66 heavy (non-hydrogen) atoms. The van der Waals surface area contributed by atoms with Gasteiger partial charge in [-0.1, -0.05) is 26.3 Å². The molecule has 3 amide bonds.